The van der Waals surface area contributed by atoms with Crippen molar-refractivity contribution in [3.05, 3.63) is 59.7 Å². The molecule has 0 spiro atoms. The Kier molecular flexibility index (Phi) is 6.55. The van der Waals surface area contributed by atoms with E-state index in [4.69, 9.17) is 9.47 Å². The fourth-order valence-corrected chi connectivity index (χ4v) is 4.40. The molecular formula is C24H33N3O3+2. The first-order valence-electron chi connectivity index (χ1n) is 10.9. The van der Waals surface area contributed by atoms with E-state index in [9.17, 15) is 4.79 Å². The van der Waals surface area contributed by atoms with Crippen LogP contribution in [0.4, 0.5) is 0 Å². The number of benzene rings is 2. The van der Waals surface area contributed by atoms with Crippen LogP contribution in [0.5, 0.6) is 11.5 Å². The molecule has 1 saturated heterocycles. The molecule has 0 bridgehead atoms. The second-order valence-electron chi connectivity index (χ2n) is 8.40. The second kappa shape index (κ2) is 9.49. The summed E-state index contributed by atoms with van der Waals surface area (Å²) in [6, 6.07) is 16.7. The molecule has 1 aliphatic carbocycles. The maximum absolute atomic E-state index is 13.0. The van der Waals surface area contributed by atoms with E-state index in [0.29, 0.717) is 6.04 Å². The normalized spacial score (nSPS) is 22.2. The van der Waals surface area contributed by atoms with Gasteiger partial charge in [-0.3, -0.25) is 4.79 Å². The Morgan fingerprint density at radius 1 is 1.00 bits per heavy atom. The van der Waals surface area contributed by atoms with E-state index in [-0.39, 0.29) is 11.9 Å². The lowest BCUT2D eigenvalue weighted by atomic mass is 10.0. The zero-order valence-electron chi connectivity index (χ0n) is 17.9. The number of carbonyl (C=O) groups is 1. The Morgan fingerprint density at radius 2 is 1.70 bits per heavy atom. The molecule has 0 aromatic heterocycles. The number of hydrogen-bond donors (Lipinski definition) is 3. The number of hydrogen-bond acceptors (Lipinski definition) is 3. The lowest BCUT2D eigenvalue weighted by Crippen LogP contribution is -3.28. The molecule has 1 saturated carbocycles. The van der Waals surface area contributed by atoms with E-state index < -0.39 is 0 Å². The summed E-state index contributed by atoms with van der Waals surface area (Å²) in [7, 11) is 3.33. The highest BCUT2D eigenvalue weighted by atomic mass is 16.5. The van der Waals surface area contributed by atoms with Crippen LogP contribution >= 0.6 is 0 Å². The Morgan fingerprint density at radius 3 is 2.33 bits per heavy atom. The highest BCUT2D eigenvalue weighted by molar-refractivity contribution is 5.82. The predicted octanol–water partition coefficient (Wildman–Crippen LogP) is 0.00710. The molecule has 4 rings (SSSR count). The molecule has 2 fully saturated rings. The molecule has 3 N–H and O–H groups in total. The van der Waals surface area contributed by atoms with Gasteiger partial charge in [0.25, 0.3) is 5.91 Å². The monoisotopic (exact) mass is 411 g/mol. The number of ether oxygens (including phenoxy) is 2. The van der Waals surface area contributed by atoms with Crippen LogP contribution < -0.4 is 24.6 Å². The highest BCUT2D eigenvalue weighted by Crippen LogP contribution is 2.27. The third-order valence-electron chi connectivity index (χ3n) is 6.23. The van der Waals surface area contributed by atoms with Gasteiger partial charge in [0.1, 0.15) is 32.7 Å². The van der Waals surface area contributed by atoms with Crippen LogP contribution in [0.2, 0.25) is 0 Å². The lowest BCUT2D eigenvalue weighted by Gasteiger charge is -2.34. The summed E-state index contributed by atoms with van der Waals surface area (Å²) in [4.78, 5) is 15.9. The quantitative estimate of drug-likeness (QED) is 0.574. The SMILES string of the molecule is COc1ccc(C[NH+]2CC[NH+]([C@H](C(=O)NC3CC3)c3ccccc3)CC2)cc1OC. The first kappa shape index (κ1) is 20.7. The van der Waals surface area contributed by atoms with E-state index >= 15 is 0 Å². The van der Waals surface area contributed by atoms with Gasteiger partial charge >= 0.3 is 0 Å². The second-order valence-corrected chi connectivity index (χ2v) is 8.40. The van der Waals surface area contributed by atoms with Crippen molar-refractivity contribution < 1.29 is 24.1 Å². The molecule has 1 heterocycles. The Hall–Kier alpha value is -2.57. The Labute approximate surface area is 178 Å². The van der Waals surface area contributed by atoms with Crippen molar-refractivity contribution in [3.8, 4) is 11.5 Å². The van der Waals surface area contributed by atoms with E-state index in [1.165, 1.54) is 10.5 Å². The van der Waals surface area contributed by atoms with Gasteiger partial charge < -0.3 is 24.6 Å². The van der Waals surface area contributed by atoms with Gasteiger partial charge in [0.15, 0.2) is 17.5 Å². The third kappa shape index (κ3) is 4.94. The molecule has 1 aliphatic heterocycles. The highest BCUT2D eigenvalue weighted by Gasteiger charge is 2.37. The molecule has 6 heteroatoms. The van der Waals surface area contributed by atoms with Crippen LogP contribution in [0.3, 0.4) is 0 Å². The van der Waals surface area contributed by atoms with Crippen LogP contribution in [-0.2, 0) is 11.3 Å². The Balaban J connectivity index is 1.40. The number of rotatable bonds is 8. The van der Waals surface area contributed by atoms with E-state index in [0.717, 1.165) is 62.6 Å². The summed E-state index contributed by atoms with van der Waals surface area (Å²) in [5.41, 5.74) is 2.37. The van der Waals surface area contributed by atoms with E-state index in [1.54, 1.807) is 19.1 Å². The van der Waals surface area contributed by atoms with Gasteiger partial charge in [0.2, 0.25) is 0 Å². The maximum atomic E-state index is 13.0. The summed E-state index contributed by atoms with van der Waals surface area (Å²) < 4.78 is 10.8. The summed E-state index contributed by atoms with van der Waals surface area (Å²) in [5, 5.41) is 3.23. The molecule has 6 nitrogen and oxygen atoms in total. The molecule has 2 aromatic carbocycles. The van der Waals surface area contributed by atoms with Crippen LogP contribution in [0.25, 0.3) is 0 Å². The van der Waals surface area contributed by atoms with Crippen molar-refractivity contribution in [1.82, 2.24) is 5.32 Å². The summed E-state index contributed by atoms with van der Waals surface area (Å²) >= 11 is 0. The average molecular weight is 412 g/mol. The Bertz CT molecular complexity index is 846. The third-order valence-corrected chi connectivity index (χ3v) is 6.23. The lowest BCUT2D eigenvalue weighted by molar-refractivity contribution is -1.03. The summed E-state index contributed by atoms with van der Waals surface area (Å²) in [5.74, 6) is 1.72. The van der Waals surface area contributed by atoms with Crippen molar-refractivity contribution in [1.29, 1.82) is 0 Å². The first-order valence-corrected chi connectivity index (χ1v) is 10.9. The molecule has 1 amide bonds. The van der Waals surface area contributed by atoms with Gasteiger partial charge in [-0.05, 0) is 31.0 Å². The van der Waals surface area contributed by atoms with Gasteiger partial charge in [-0.15, -0.1) is 0 Å². The van der Waals surface area contributed by atoms with Crippen molar-refractivity contribution in [2.24, 2.45) is 0 Å². The number of quaternary nitrogens is 2. The van der Waals surface area contributed by atoms with Gasteiger partial charge in [0, 0.05) is 17.2 Å². The average Bonchev–Trinajstić information content (AvgIpc) is 3.60. The van der Waals surface area contributed by atoms with E-state index in [1.807, 2.05) is 24.3 Å². The van der Waals surface area contributed by atoms with Crippen molar-refractivity contribution in [2.75, 3.05) is 40.4 Å². The van der Waals surface area contributed by atoms with Crippen LogP contribution in [0.15, 0.2) is 48.5 Å². The van der Waals surface area contributed by atoms with Crippen molar-refractivity contribution >= 4 is 5.91 Å². The molecule has 2 aromatic rings. The van der Waals surface area contributed by atoms with Crippen molar-refractivity contribution in [2.45, 2.75) is 31.5 Å². The molecule has 2 aliphatic rings. The summed E-state index contributed by atoms with van der Waals surface area (Å²) in [6.45, 7) is 5.02. The van der Waals surface area contributed by atoms with Gasteiger partial charge in [-0.25, -0.2) is 0 Å². The van der Waals surface area contributed by atoms with Crippen LogP contribution in [0.1, 0.15) is 30.0 Å². The molecule has 160 valence electrons. The zero-order chi connectivity index (χ0) is 20.9. The molecule has 30 heavy (non-hydrogen) atoms. The smallest absolute Gasteiger partial charge is 0.283 e. The number of carbonyl (C=O) groups excluding carboxylic acids is 1. The minimum absolute atomic E-state index is 0.116. The predicted molar refractivity (Wildman–Crippen MR) is 115 cm³/mol. The number of nitrogens with one attached hydrogen (secondary N) is 3. The molecule has 1 atom stereocenters. The zero-order valence-corrected chi connectivity index (χ0v) is 17.9. The first-order chi connectivity index (χ1) is 14.7. The number of methoxy groups -OCH3 is 2. The maximum Gasteiger partial charge on any atom is 0.283 e. The number of amides is 1. The largest absolute Gasteiger partial charge is 0.493 e. The number of piperazine rings is 1. The van der Waals surface area contributed by atoms with E-state index in [2.05, 4.69) is 29.6 Å². The van der Waals surface area contributed by atoms with Gasteiger partial charge in [-0.1, -0.05) is 30.3 Å². The minimum atomic E-state index is -0.116. The van der Waals surface area contributed by atoms with Crippen LogP contribution in [-0.4, -0.2) is 52.3 Å². The summed E-state index contributed by atoms with van der Waals surface area (Å²) in [6.07, 6.45) is 2.23. The fraction of sp³-hybridized carbons (Fsp3) is 0.458. The van der Waals surface area contributed by atoms with Crippen molar-refractivity contribution in [3.63, 3.8) is 0 Å². The molecule has 0 unspecified atom stereocenters. The topological polar surface area (TPSA) is 56.4 Å². The fourth-order valence-electron chi connectivity index (χ4n) is 4.40. The van der Waals surface area contributed by atoms with Crippen LogP contribution in [0, 0.1) is 0 Å². The van der Waals surface area contributed by atoms with Gasteiger partial charge in [-0.2, -0.15) is 0 Å². The van der Waals surface area contributed by atoms with Gasteiger partial charge in [0.05, 0.1) is 14.2 Å². The standard InChI is InChI=1S/C24H31N3O3/c1-29-21-11-8-18(16-22(21)30-2)17-26-12-14-27(15-13-26)23(19-6-4-3-5-7-19)24(28)25-20-9-10-20/h3-8,11,16,20,23H,9-10,12-15,17H2,1-2H3,(H,25,28)/p+2/t23-/m0/s1. The molecule has 0 radical (unpaired) electrons. The molecular weight excluding hydrogens is 378 g/mol. The minimum Gasteiger partial charge on any atom is -0.493 e.